The van der Waals surface area contributed by atoms with Crippen molar-refractivity contribution in [1.29, 1.82) is 0 Å². The van der Waals surface area contributed by atoms with Gasteiger partial charge in [0.15, 0.2) is 0 Å². The van der Waals surface area contributed by atoms with Crippen LogP contribution in [0.1, 0.15) is 19.3 Å². The zero-order valence-corrected chi connectivity index (χ0v) is 9.33. The van der Waals surface area contributed by atoms with Crippen LogP contribution in [0.15, 0.2) is 23.1 Å². The lowest BCUT2D eigenvalue weighted by molar-refractivity contribution is 0.577. The van der Waals surface area contributed by atoms with Crippen molar-refractivity contribution in [3.05, 3.63) is 29.8 Å². The van der Waals surface area contributed by atoms with Crippen LogP contribution in [-0.2, 0) is 0 Å². The fourth-order valence-corrected chi connectivity index (χ4v) is 2.16. The zero-order valence-electron chi connectivity index (χ0n) is 8.51. The Morgan fingerprint density at radius 2 is 1.93 bits per heavy atom. The fraction of sp³-hybridized carbons (Fsp3) is 0.455. The Hall–Kier alpha value is -0.610. The SMILES string of the molecule is NCCCCCSc1cc(F)ccc1F. The Kier molecular flexibility index (Phi) is 5.65. The second-order valence-corrected chi connectivity index (χ2v) is 4.41. The predicted molar refractivity (Wildman–Crippen MR) is 60.0 cm³/mol. The van der Waals surface area contributed by atoms with Crippen LogP contribution in [0.25, 0.3) is 0 Å². The molecule has 0 spiro atoms. The average Bonchev–Trinajstić information content (AvgIpc) is 2.23. The first kappa shape index (κ1) is 12.5. The summed E-state index contributed by atoms with van der Waals surface area (Å²) >= 11 is 1.36. The number of halogens is 2. The molecule has 0 unspecified atom stereocenters. The lowest BCUT2D eigenvalue weighted by atomic mass is 10.2. The molecule has 0 bridgehead atoms. The summed E-state index contributed by atoms with van der Waals surface area (Å²) < 4.78 is 25.9. The summed E-state index contributed by atoms with van der Waals surface area (Å²) in [4.78, 5) is 0.391. The molecule has 2 N–H and O–H groups in total. The van der Waals surface area contributed by atoms with Crippen LogP contribution >= 0.6 is 11.8 Å². The van der Waals surface area contributed by atoms with Crippen LogP contribution in [0.5, 0.6) is 0 Å². The summed E-state index contributed by atoms with van der Waals surface area (Å²) in [5.74, 6) is 0.0708. The largest absolute Gasteiger partial charge is 0.330 e. The molecule has 0 aliphatic rings. The molecule has 1 rings (SSSR count). The van der Waals surface area contributed by atoms with Crippen molar-refractivity contribution in [2.24, 2.45) is 5.73 Å². The van der Waals surface area contributed by atoms with Gasteiger partial charge in [0, 0.05) is 4.90 Å². The molecular weight excluding hydrogens is 216 g/mol. The van der Waals surface area contributed by atoms with Crippen molar-refractivity contribution in [1.82, 2.24) is 0 Å². The Morgan fingerprint density at radius 3 is 2.67 bits per heavy atom. The van der Waals surface area contributed by atoms with Crippen LogP contribution in [0, 0.1) is 11.6 Å². The average molecular weight is 231 g/mol. The minimum atomic E-state index is -0.388. The van der Waals surface area contributed by atoms with E-state index < -0.39 is 0 Å². The monoisotopic (exact) mass is 231 g/mol. The molecule has 0 saturated heterocycles. The molecule has 1 aromatic carbocycles. The van der Waals surface area contributed by atoms with Gasteiger partial charge in [0.25, 0.3) is 0 Å². The third-order valence-corrected chi connectivity index (χ3v) is 3.12. The fourth-order valence-electron chi connectivity index (χ4n) is 1.19. The highest BCUT2D eigenvalue weighted by atomic mass is 32.2. The summed E-state index contributed by atoms with van der Waals surface area (Å²) in [5, 5.41) is 0. The normalized spacial score (nSPS) is 10.6. The highest BCUT2D eigenvalue weighted by Gasteiger charge is 2.03. The number of nitrogens with two attached hydrogens (primary N) is 1. The van der Waals surface area contributed by atoms with E-state index in [1.165, 1.54) is 17.8 Å². The Balaban J connectivity index is 2.33. The first-order valence-electron chi connectivity index (χ1n) is 5.02. The molecule has 0 aromatic heterocycles. The van der Waals surface area contributed by atoms with Gasteiger partial charge in [0.1, 0.15) is 11.6 Å². The molecule has 1 nitrogen and oxygen atoms in total. The molecule has 0 aliphatic carbocycles. The second kappa shape index (κ2) is 6.80. The molecule has 84 valence electrons. The predicted octanol–water partition coefficient (Wildman–Crippen LogP) is 3.19. The lowest BCUT2D eigenvalue weighted by Crippen LogP contribution is -1.98. The zero-order chi connectivity index (χ0) is 11.1. The smallest absolute Gasteiger partial charge is 0.136 e. The standard InChI is InChI=1S/C11H15F2NS/c12-9-4-5-10(13)11(8-9)15-7-3-1-2-6-14/h4-5,8H,1-3,6-7,14H2. The number of thioether (sulfide) groups is 1. The van der Waals surface area contributed by atoms with Gasteiger partial charge in [0.05, 0.1) is 0 Å². The number of hydrogen-bond donors (Lipinski definition) is 1. The van der Waals surface area contributed by atoms with Gasteiger partial charge in [-0.25, -0.2) is 8.78 Å². The Morgan fingerprint density at radius 1 is 1.13 bits per heavy atom. The summed E-state index contributed by atoms with van der Waals surface area (Å²) in [6.45, 7) is 0.693. The van der Waals surface area contributed by atoms with E-state index in [1.807, 2.05) is 0 Å². The molecule has 0 heterocycles. The summed E-state index contributed by atoms with van der Waals surface area (Å²) in [7, 11) is 0. The van der Waals surface area contributed by atoms with Gasteiger partial charge in [0.2, 0.25) is 0 Å². The van der Waals surface area contributed by atoms with Gasteiger partial charge in [-0.15, -0.1) is 11.8 Å². The molecule has 15 heavy (non-hydrogen) atoms. The van der Waals surface area contributed by atoms with Crippen molar-refractivity contribution in [2.45, 2.75) is 24.2 Å². The van der Waals surface area contributed by atoms with Crippen LogP contribution in [0.4, 0.5) is 8.78 Å². The number of hydrogen-bond acceptors (Lipinski definition) is 2. The van der Waals surface area contributed by atoms with Crippen molar-refractivity contribution < 1.29 is 8.78 Å². The molecule has 0 aliphatic heterocycles. The highest BCUT2D eigenvalue weighted by molar-refractivity contribution is 7.99. The van der Waals surface area contributed by atoms with E-state index >= 15 is 0 Å². The van der Waals surface area contributed by atoms with Gasteiger partial charge in [-0.1, -0.05) is 6.42 Å². The second-order valence-electron chi connectivity index (χ2n) is 3.27. The number of rotatable bonds is 6. The quantitative estimate of drug-likeness (QED) is 0.601. The van der Waals surface area contributed by atoms with E-state index in [0.29, 0.717) is 11.4 Å². The van der Waals surface area contributed by atoms with E-state index in [4.69, 9.17) is 5.73 Å². The van der Waals surface area contributed by atoms with E-state index in [2.05, 4.69) is 0 Å². The highest BCUT2D eigenvalue weighted by Crippen LogP contribution is 2.23. The van der Waals surface area contributed by atoms with E-state index in [0.717, 1.165) is 37.1 Å². The van der Waals surface area contributed by atoms with Crippen molar-refractivity contribution in [3.8, 4) is 0 Å². The Labute approximate surface area is 93.1 Å². The topological polar surface area (TPSA) is 26.0 Å². The molecule has 0 fully saturated rings. The summed E-state index contributed by atoms with van der Waals surface area (Å²) in [6, 6.07) is 3.54. The molecule has 4 heteroatoms. The van der Waals surface area contributed by atoms with E-state index in [-0.39, 0.29) is 11.6 Å². The van der Waals surface area contributed by atoms with Crippen molar-refractivity contribution >= 4 is 11.8 Å². The molecule has 0 saturated carbocycles. The van der Waals surface area contributed by atoms with Gasteiger partial charge in [-0.3, -0.25) is 0 Å². The maximum absolute atomic E-state index is 13.1. The van der Waals surface area contributed by atoms with Gasteiger partial charge < -0.3 is 5.73 Å². The minimum absolute atomic E-state index is 0.347. The van der Waals surface area contributed by atoms with Crippen LogP contribution in [0.3, 0.4) is 0 Å². The molecule has 0 radical (unpaired) electrons. The van der Waals surface area contributed by atoms with Crippen molar-refractivity contribution in [3.63, 3.8) is 0 Å². The Bertz CT molecular complexity index is 305. The summed E-state index contributed by atoms with van der Waals surface area (Å²) in [5.41, 5.74) is 5.35. The number of unbranched alkanes of at least 4 members (excludes halogenated alkanes) is 2. The number of benzene rings is 1. The first-order chi connectivity index (χ1) is 7.24. The summed E-state index contributed by atoms with van der Waals surface area (Å²) in [6.07, 6.45) is 3.02. The maximum Gasteiger partial charge on any atom is 0.136 e. The lowest BCUT2D eigenvalue weighted by Gasteiger charge is -2.03. The van der Waals surface area contributed by atoms with Crippen LogP contribution in [-0.4, -0.2) is 12.3 Å². The van der Waals surface area contributed by atoms with Crippen molar-refractivity contribution in [2.75, 3.05) is 12.3 Å². The van der Waals surface area contributed by atoms with Gasteiger partial charge in [-0.2, -0.15) is 0 Å². The van der Waals surface area contributed by atoms with Crippen LogP contribution < -0.4 is 5.73 Å². The molecule has 0 atom stereocenters. The van der Waals surface area contributed by atoms with E-state index in [1.54, 1.807) is 0 Å². The molecular formula is C11H15F2NS. The minimum Gasteiger partial charge on any atom is -0.330 e. The maximum atomic E-state index is 13.1. The third kappa shape index (κ3) is 4.62. The first-order valence-corrected chi connectivity index (χ1v) is 6.00. The molecule has 1 aromatic rings. The third-order valence-electron chi connectivity index (χ3n) is 2.00. The molecule has 0 amide bonds. The van der Waals surface area contributed by atoms with Gasteiger partial charge in [-0.05, 0) is 43.3 Å². The van der Waals surface area contributed by atoms with Gasteiger partial charge >= 0.3 is 0 Å². The van der Waals surface area contributed by atoms with Crippen LogP contribution in [0.2, 0.25) is 0 Å². The van der Waals surface area contributed by atoms with E-state index in [9.17, 15) is 8.78 Å².